The Kier molecular flexibility index (Phi) is 2.58. The van der Waals surface area contributed by atoms with Crippen LogP contribution >= 0.6 is 23.2 Å². The van der Waals surface area contributed by atoms with Gasteiger partial charge in [-0.3, -0.25) is 0 Å². The minimum atomic E-state index is 0.683. The molecule has 0 atom stereocenters. The Morgan fingerprint density at radius 1 is 0.882 bits per heavy atom. The molecule has 1 aromatic heterocycles. The van der Waals surface area contributed by atoms with Gasteiger partial charge in [-0.1, -0.05) is 41.4 Å². The zero-order valence-corrected chi connectivity index (χ0v) is 10.4. The Balaban J connectivity index is 2.23. The maximum absolute atomic E-state index is 6.18. The minimum Gasteiger partial charge on any atom is -0.354 e. The second-order valence-corrected chi connectivity index (χ2v) is 4.74. The first-order chi connectivity index (χ1) is 8.24. The summed E-state index contributed by atoms with van der Waals surface area (Å²) in [4.78, 5) is 3.34. The maximum atomic E-state index is 6.18. The molecule has 84 valence electrons. The van der Waals surface area contributed by atoms with Crippen molar-refractivity contribution in [3.8, 4) is 11.3 Å². The lowest BCUT2D eigenvalue weighted by Gasteiger charge is -2.01. The van der Waals surface area contributed by atoms with Crippen molar-refractivity contribution in [1.29, 1.82) is 0 Å². The molecule has 0 fully saturated rings. The first-order valence-corrected chi connectivity index (χ1v) is 6.03. The standard InChI is InChI=1S/C14H9Cl2N/c15-10-5-6-12(16)11(8-10)14-7-9-3-1-2-4-13(9)17-14/h1-8,17H. The number of hydrogen-bond donors (Lipinski definition) is 1. The van der Waals surface area contributed by atoms with E-state index >= 15 is 0 Å². The lowest BCUT2D eigenvalue weighted by molar-refractivity contribution is 1.45. The second kappa shape index (κ2) is 4.10. The van der Waals surface area contributed by atoms with E-state index in [9.17, 15) is 0 Å². The average molecular weight is 262 g/mol. The van der Waals surface area contributed by atoms with Crippen molar-refractivity contribution < 1.29 is 0 Å². The third-order valence-corrected chi connectivity index (χ3v) is 3.31. The summed E-state index contributed by atoms with van der Waals surface area (Å²) in [6, 6.07) is 15.7. The van der Waals surface area contributed by atoms with Crippen molar-refractivity contribution in [2.75, 3.05) is 0 Å². The van der Waals surface area contributed by atoms with Crippen LogP contribution in [0, 0.1) is 0 Å². The molecule has 0 radical (unpaired) electrons. The SMILES string of the molecule is Clc1ccc(Cl)c(-c2cc3ccccc3[nH]2)c1. The molecule has 0 aliphatic rings. The van der Waals surface area contributed by atoms with Crippen LogP contribution in [0.5, 0.6) is 0 Å². The van der Waals surface area contributed by atoms with Crippen molar-refractivity contribution in [1.82, 2.24) is 4.98 Å². The lowest BCUT2D eigenvalue weighted by atomic mass is 10.1. The molecule has 0 saturated heterocycles. The third kappa shape index (κ3) is 1.92. The molecule has 3 heteroatoms. The number of para-hydroxylation sites is 1. The Bertz CT molecular complexity index is 653. The molecular formula is C14H9Cl2N. The predicted molar refractivity (Wildman–Crippen MR) is 73.8 cm³/mol. The molecular weight excluding hydrogens is 253 g/mol. The molecule has 17 heavy (non-hydrogen) atoms. The normalized spacial score (nSPS) is 10.9. The van der Waals surface area contributed by atoms with Gasteiger partial charge in [-0.2, -0.15) is 0 Å². The van der Waals surface area contributed by atoms with Gasteiger partial charge in [0.1, 0.15) is 0 Å². The highest BCUT2D eigenvalue weighted by molar-refractivity contribution is 6.35. The number of hydrogen-bond acceptors (Lipinski definition) is 0. The van der Waals surface area contributed by atoms with E-state index in [-0.39, 0.29) is 0 Å². The average Bonchev–Trinajstić information content (AvgIpc) is 2.75. The van der Waals surface area contributed by atoms with E-state index in [0.717, 1.165) is 16.8 Å². The van der Waals surface area contributed by atoms with E-state index in [0.29, 0.717) is 10.0 Å². The number of rotatable bonds is 1. The zero-order chi connectivity index (χ0) is 11.8. The van der Waals surface area contributed by atoms with Crippen molar-refractivity contribution in [2.24, 2.45) is 0 Å². The highest BCUT2D eigenvalue weighted by Crippen LogP contribution is 2.31. The third-order valence-electron chi connectivity index (χ3n) is 2.75. The Hall–Kier alpha value is -1.44. The van der Waals surface area contributed by atoms with E-state index in [2.05, 4.69) is 17.1 Å². The lowest BCUT2D eigenvalue weighted by Crippen LogP contribution is -1.79. The first kappa shape index (κ1) is 10.7. The summed E-state index contributed by atoms with van der Waals surface area (Å²) < 4.78 is 0. The molecule has 0 saturated carbocycles. The van der Waals surface area contributed by atoms with Crippen molar-refractivity contribution in [3.63, 3.8) is 0 Å². The van der Waals surface area contributed by atoms with Gasteiger partial charge in [0.25, 0.3) is 0 Å². The quantitative estimate of drug-likeness (QED) is 0.624. The highest BCUT2D eigenvalue weighted by Gasteiger charge is 2.07. The van der Waals surface area contributed by atoms with Crippen LogP contribution < -0.4 is 0 Å². The second-order valence-electron chi connectivity index (χ2n) is 3.89. The first-order valence-electron chi connectivity index (χ1n) is 5.27. The van der Waals surface area contributed by atoms with Crippen LogP contribution in [0.3, 0.4) is 0 Å². The van der Waals surface area contributed by atoms with E-state index in [1.807, 2.05) is 30.3 Å². The molecule has 0 unspecified atom stereocenters. The molecule has 0 aliphatic carbocycles. The van der Waals surface area contributed by atoms with E-state index < -0.39 is 0 Å². The molecule has 0 spiro atoms. The van der Waals surface area contributed by atoms with E-state index in [1.165, 1.54) is 5.39 Å². The molecule has 1 N–H and O–H groups in total. The van der Waals surface area contributed by atoms with Crippen LogP contribution in [0.15, 0.2) is 48.5 Å². The van der Waals surface area contributed by atoms with Gasteiger partial charge in [0.05, 0.1) is 0 Å². The number of nitrogens with one attached hydrogen (secondary N) is 1. The van der Waals surface area contributed by atoms with Gasteiger partial charge >= 0.3 is 0 Å². The molecule has 0 aliphatic heterocycles. The molecule has 3 rings (SSSR count). The molecule has 3 aromatic rings. The number of aromatic nitrogens is 1. The number of aromatic amines is 1. The van der Waals surface area contributed by atoms with Gasteiger partial charge in [-0.25, -0.2) is 0 Å². The van der Waals surface area contributed by atoms with Crippen LogP contribution in [0.1, 0.15) is 0 Å². The topological polar surface area (TPSA) is 15.8 Å². The van der Waals surface area contributed by atoms with Crippen LogP contribution in [0.2, 0.25) is 10.0 Å². The summed E-state index contributed by atoms with van der Waals surface area (Å²) in [6.07, 6.45) is 0. The summed E-state index contributed by atoms with van der Waals surface area (Å²) in [7, 11) is 0. The largest absolute Gasteiger partial charge is 0.354 e. The van der Waals surface area contributed by atoms with Gasteiger partial charge < -0.3 is 4.98 Å². The highest BCUT2D eigenvalue weighted by atomic mass is 35.5. The van der Waals surface area contributed by atoms with Gasteiger partial charge in [0.2, 0.25) is 0 Å². The van der Waals surface area contributed by atoms with Crippen LogP contribution in [0.25, 0.3) is 22.2 Å². The van der Waals surface area contributed by atoms with Crippen LogP contribution in [-0.2, 0) is 0 Å². The molecule has 0 bridgehead atoms. The summed E-state index contributed by atoms with van der Waals surface area (Å²) in [5.41, 5.74) is 3.01. The Morgan fingerprint density at radius 2 is 1.71 bits per heavy atom. The van der Waals surface area contributed by atoms with Gasteiger partial charge in [-0.15, -0.1) is 0 Å². The van der Waals surface area contributed by atoms with E-state index in [1.54, 1.807) is 6.07 Å². The van der Waals surface area contributed by atoms with Gasteiger partial charge in [-0.05, 0) is 30.3 Å². The number of H-pyrrole nitrogens is 1. The van der Waals surface area contributed by atoms with E-state index in [4.69, 9.17) is 23.2 Å². The zero-order valence-electron chi connectivity index (χ0n) is 8.87. The van der Waals surface area contributed by atoms with Crippen molar-refractivity contribution >= 4 is 34.1 Å². The Labute approximate surface area is 109 Å². The fraction of sp³-hybridized carbons (Fsp3) is 0. The van der Waals surface area contributed by atoms with Gasteiger partial charge in [0.15, 0.2) is 0 Å². The molecule has 1 nitrogen and oxygen atoms in total. The number of halogens is 2. The fourth-order valence-corrected chi connectivity index (χ4v) is 2.31. The summed E-state index contributed by atoms with van der Waals surface area (Å²) in [6.45, 7) is 0. The Morgan fingerprint density at radius 3 is 2.53 bits per heavy atom. The van der Waals surface area contributed by atoms with Crippen LogP contribution in [0.4, 0.5) is 0 Å². The molecule has 0 amide bonds. The fourth-order valence-electron chi connectivity index (χ4n) is 1.92. The summed E-state index contributed by atoms with van der Waals surface area (Å²) in [5, 5.41) is 2.54. The monoisotopic (exact) mass is 261 g/mol. The summed E-state index contributed by atoms with van der Waals surface area (Å²) >= 11 is 12.2. The van der Waals surface area contributed by atoms with Crippen molar-refractivity contribution in [3.05, 3.63) is 58.6 Å². The van der Waals surface area contributed by atoms with Gasteiger partial charge in [0, 0.05) is 32.2 Å². The van der Waals surface area contributed by atoms with Crippen molar-refractivity contribution in [2.45, 2.75) is 0 Å². The number of benzene rings is 2. The predicted octanol–water partition coefficient (Wildman–Crippen LogP) is 5.14. The maximum Gasteiger partial charge on any atom is 0.0500 e. The smallest absolute Gasteiger partial charge is 0.0500 e. The molecule has 2 aromatic carbocycles. The number of fused-ring (bicyclic) bond motifs is 1. The minimum absolute atomic E-state index is 0.683. The summed E-state index contributed by atoms with van der Waals surface area (Å²) in [5.74, 6) is 0. The molecule has 1 heterocycles. The van der Waals surface area contributed by atoms with Crippen LogP contribution in [-0.4, -0.2) is 4.98 Å².